The zero-order valence-electron chi connectivity index (χ0n) is 13.6. The molecule has 0 aliphatic carbocycles. The Kier molecular flexibility index (Phi) is 5.38. The number of hydrogen-bond acceptors (Lipinski definition) is 7. The summed E-state index contributed by atoms with van der Waals surface area (Å²) in [7, 11) is 0. The fraction of sp³-hybridized carbons (Fsp3) is 0.176. The number of carbonyl (C=O) groups excluding carboxylic acids is 2. The number of aromatic amines is 1. The zero-order valence-corrected chi connectivity index (χ0v) is 15.3. The first-order valence-electron chi connectivity index (χ1n) is 7.62. The standard InChI is InChI=1S/C17H14N2O5S2/c1-10(16(21)12-8-18-13-5-3-2-4-11(12)13)24-15(20)9-26-14-6-7-25-17(14)19(22)23/h2-8,10,18H,9H2,1H3/t10-/m0/s1. The van der Waals surface area contributed by atoms with Crippen molar-refractivity contribution in [2.24, 2.45) is 0 Å². The van der Waals surface area contributed by atoms with Crippen LogP contribution < -0.4 is 0 Å². The normalized spacial score (nSPS) is 12.0. The van der Waals surface area contributed by atoms with Gasteiger partial charge in [0.05, 0.1) is 15.6 Å². The van der Waals surface area contributed by atoms with Crippen molar-refractivity contribution in [2.45, 2.75) is 17.9 Å². The molecule has 26 heavy (non-hydrogen) atoms. The van der Waals surface area contributed by atoms with Gasteiger partial charge >= 0.3 is 11.0 Å². The molecule has 3 aromatic rings. The van der Waals surface area contributed by atoms with E-state index in [1.807, 2.05) is 24.3 Å². The quantitative estimate of drug-likeness (QED) is 0.215. The zero-order chi connectivity index (χ0) is 18.7. The number of carbonyl (C=O) groups is 2. The van der Waals surface area contributed by atoms with Gasteiger partial charge in [0.2, 0.25) is 5.78 Å². The molecule has 1 atom stereocenters. The van der Waals surface area contributed by atoms with Crippen molar-refractivity contribution in [1.82, 2.24) is 4.98 Å². The van der Waals surface area contributed by atoms with E-state index in [0.717, 1.165) is 34.0 Å². The van der Waals surface area contributed by atoms with Crippen molar-refractivity contribution in [1.29, 1.82) is 0 Å². The minimum atomic E-state index is -0.945. The molecule has 0 fully saturated rings. The van der Waals surface area contributed by atoms with Crippen LogP contribution in [0.3, 0.4) is 0 Å². The molecule has 0 saturated heterocycles. The maximum Gasteiger partial charge on any atom is 0.337 e. The van der Waals surface area contributed by atoms with Crippen LogP contribution in [-0.4, -0.2) is 33.5 Å². The number of aromatic nitrogens is 1. The van der Waals surface area contributed by atoms with Crippen LogP contribution in [0.15, 0.2) is 46.8 Å². The van der Waals surface area contributed by atoms with E-state index in [0.29, 0.717) is 10.5 Å². The maximum absolute atomic E-state index is 12.5. The number of H-pyrrole nitrogens is 1. The second kappa shape index (κ2) is 7.71. The highest BCUT2D eigenvalue weighted by molar-refractivity contribution is 8.00. The van der Waals surface area contributed by atoms with Crippen LogP contribution in [-0.2, 0) is 9.53 Å². The Morgan fingerprint density at radius 3 is 2.88 bits per heavy atom. The van der Waals surface area contributed by atoms with Gasteiger partial charge in [-0.3, -0.25) is 19.7 Å². The Labute approximate surface area is 156 Å². The summed E-state index contributed by atoms with van der Waals surface area (Å²) in [4.78, 5) is 38.3. The predicted octanol–water partition coefficient (Wildman–Crippen LogP) is 4.04. The van der Waals surface area contributed by atoms with Gasteiger partial charge in [-0.15, -0.1) is 11.8 Å². The van der Waals surface area contributed by atoms with Crippen molar-refractivity contribution < 1.29 is 19.2 Å². The van der Waals surface area contributed by atoms with E-state index in [1.54, 1.807) is 17.6 Å². The highest BCUT2D eigenvalue weighted by atomic mass is 32.2. The number of ketones is 1. The first kappa shape index (κ1) is 18.2. The van der Waals surface area contributed by atoms with Crippen LogP contribution in [0.2, 0.25) is 0 Å². The largest absolute Gasteiger partial charge is 0.454 e. The molecule has 3 rings (SSSR count). The van der Waals surface area contributed by atoms with Crippen LogP contribution in [0.1, 0.15) is 17.3 Å². The van der Waals surface area contributed by atoms with E-state index in [9.17, 15) is 19.7 Å². The summed E-state index contributed by atoms with van der Waals surface area (Å²) in [6.07, 6.45) is 0.653. The summed E-state index contributed by atoms with van der Waals surface area (Å²) in [5.74, 6) is -1.01. The molecule has 0 aliphatic rings. The predicted molar refractivity (Wildman–Crippen MR) is 99.9 cm³/mol. The van der Waals surface area contributed by atoms with E-state index < -0.39 is 17.0 Å². The Balaban J connectivity index is 1.61. The first-order chi connectivity index (χ1) is 12.5. The smallest absolute Gasteiger partial charge is 0.337 e. The number of thiophene rings is 1. The lowest BCUT2D eigenvalue weighted by Crippen LogP contribution is -2.25. The number of nitrogens with zero attached hydrogens (tertiary/aromatic N) is 1. The number of esters is 1. The summed E-state index contributed by atoms with van der Waals surface area (Å²) in [5.41, 5.74) is 1.29. The molecule has 0 unspecified atom stereocenters. The summed E-state index contributed by atoms with van der Waals surface area (Å²) in [5, 5.41) is 13.2. The number of rotatable bonds is 7. The number of ether oxygens (including phenoxy) is 1. The van der Waals surface area contributed by atoms with Crippen molar-refractivity contribution in [2.75, 3.05) is 5.75 Å². The van der Waals surface area contributed by atoms with Gasteiger partial charge in [-0.25, -0.2) is 0 Å². The van der Waals surface area contributed by atoms with Gasteiger partial charge in [0.1, 0.15) is 0 Å². The number of para-hydroxylation sites is 1. The Morgan fingerprint density at radius 2 is 2.12 bits per heavy atom. The van der Waals surface area contributed by atoms with Gasteiger partial charge in [0.25, 0.3) is 0 Å². The molecule has 0 saturated carbocycles. The molecule has 134 valence electrons. The van der Waals surface area contributed by atoms with Gasteiger partial charge in [-0.1, -0.05) is 29.5 Å². The lowest BCUT2D eigenvalue weighted by molar-refractivity contribution is -0.382. The fourth-order valence-corrected chi connectivity index (χ4v) is 4.16. The minimum absolute atomic E-state index is 0.00859. The molecule has 0 bridgehead atoms. The molecular weight excluding hydrogens is 376 g/mol. The van der Waals surface area contributed by atoms with Gasteiger partial charge in [0.15, 0.2) is 6.10 Å². The van der Waals surface area contributed by atoms with Crippen LogP contribution in [0.4, 0.5) is 5.00 Å². The molecule has 9 heteroatoms. The first-order valence-corrected chi connectivity index (χ1v) is 9.48. The SMILES string of the molecule is C[C@H](OC(=O)CSc1ccsc1[N+](=O)[O-])C(=O)c1c[nH]c2ccccc12. The van der Waals surface area contributed by atoms with E-state index in [1.165, 1.54) is 6.92 Å². The summed E-state index contributed by atoms with van der Waals surface area (Å²) >= 11 is 2.02. The van der Waals surface area contributed by atoms with E-state index in [2.05, 4.69) is 4.98 Å². The van der Waals surface area contributed by atoms with E-state index in [4.69, 9.17) is 4.74 Å². The number of fused-ring (bicyclic) bond motifs is 1. The van der Waals surface area contributed by atoms with E-state index in [-0.39, 0.29) is 16.5 Å². The van der Waals surface area contributed by atoms with Crippen molar-refractivity contribution in [3.8, 4) is 0 Å². The number of Topliss-reactive ketones (excluding diaryl/α,β-unsaturated/α-hetero) is 1. The summed E-state index contributed by atoms with van der Waals surface area (Å²) < 4.78 is 5.19. The van der Waals surface area contributed by atoms with Crippen LogP contribution in [0.25, 0.3) is 10.9 Å². The van der Waals surface area contributed by atoms with Gasteiger partial charge in [-0.2, -0.15) is 0 Å². The minimum Gasteiger partial charge on any atom is -0.454 e. The van der Waals surface area contributed by atoms with Crippen molar-refractivity contribution in [3.63, 3.8) is 0 Å². The third-order valence-electron chi connectivity index (χ3n) is 3.65. The summed E-state index contributed by atoms with van der Waals surface area (Å²) in [6, 6.07) is 8.94. The monoisotopic (exact) mass is 390 g/mol. The topological polar surface area (TPSA) is 102 Å². The van der Waals surface area contributed by atoms with Crippen molar-refractivity contribution in [3.05, 3.63) is 57.6 Å². The number of thioether (sulfide) groups is 1. The molecule has 1 aromatic carbocycles. The fourth-order valence-electron chi connectivity index (χ4n) is 2.45. The van der Waals surface area contributed by atoms with Gasteiger partial charge in [0, 0.05) is 22.7 Å². The second-order valence-electron chi connectivity index (χ2n) is 5.38. The molecule has 0 amide bonds. The number of benzene rings is 1. The Bertz CT molecular complexity index is 978. The van der Waals surface area contributed by atoms with Crippen LogP contribution in [0.5, 0.6) is 0 Å². The Morgan fingerprint density at radius 1 is 1.35 bits per heavy atom. The van der Waals surface area contributed by atoms with Gasteiger partial charge in [-0.05, 0) is 24.4 Å². The Hall–Kier alpha value is -2.65. The average molecular weight is 390 g/mol. The second-order valence-corrected chi connectivity index (χ2v) is 7.29. The molecule has 1 N–H and O–H groups in total. The lowest BCUT2D eigenvalue weighted by atomic mass is 10.1. The van der Waals surface area contributed by atoms with Crippen molar-refractivity contribution >= 4 is 50.8 Å². The highest BCUT2D eigenvalue weighted by Gasteiger charge is 2.23. The maximum atomic E-state index is 12.5. The third kappa shape index (κ3) is 3.78. The molecule has 0 radical (unpaired) electrons. The number of hydrogen-bond donors (Lipinski definition) is 1. The molecule has 2 aromatic heterocycles. The molecule has 0 spiro atoms. The molecule has 7 nitrogen and oxygen atoms in total. The van der Waals surface area contributed by atoms with Gasteiger partial charge < -0.3 is 9.72 Å². The number of nitro groups is 1. The average Bonchev–Trinajstić information content (AvgIpc) is 3.26. The van der Waals surface area contributed by atoms with E-state index >= 15 is 0 Å². The van der Waals surface area contributed by atoms with Crippen LogP contribution in [0, 0.1) is 10.1 Å². The van der Waals surface area contributed by atoms with Crippen LogP contribution >= 0.6 is 23.1 Å². The molecule has 2 heterocycles. The molecule has 0 aliphatic heterocycles. The lowest BCUT2D eigenvalue weighted by Gasteiger charge is -2.11. The number of nitrogens with one attached hydrogen (secondary N) is 1. The third-order valence-corrected chi connectivity index (χ3v) is 5.67. The molecular formula is C17H14N2O5S2. The summed E-state index contributed by atoms with van der Waals surface area (Å²) in [6.45, 7) is 1.51. The highest BCUT2D eigenvalue weighted by Crippen LogP contribution is 2.34.